The molecule has 0 aliphatic carbocycles. The van der Waals surface area contributed by atoms with Crippen LogP contribution in [0.1, 0.15) is 56.4 Å². The highest BCUT2D eigenvalue weighted by Gasteiger charge is 2.50. The highest BCUT2D eigenvalue weighted by Crippen LogP contribution is 2.47. The first-order valence-electron chi connectivity index (χ1n) is 11.3. The molecule has 4 rings (SSSR count). The average Bonchev–Trinajstić information content (AvgIpc) is 3.20. The average molecular weight is 435 g/mol. The zero-order chi connectivity index (χ0) is 22.7. The minimum Gasteiger partial charge on any atom is -0.466 e. The van der Waals surface area contributed by atoms with E-state index < -0.39 is 11.6 Å². The maximum atomic E-state index is 13.3. The normalized spacial score (nSPS) is 22.3. The number of ether oxygens (including phenoxy) is 2. The van der Waals surface area contributed by atoms with Crippen molar-refractivity contribution in [2.75, 3.05) is 13.2 Å². The molecule has 1 aliphatic heterocycles. The Morgan fingerprint density at radius 1 is 0.938 bits per heavy atom. The lowest BCUT2D eigenvalue weighted by Crippen LogP contribution is -2.58. The Morgan fingerprint density at radius 2 is 1.62 bits per heavy atom. The summed E-state index contributed by atoms with van der Waals surface area (Å²) >= 11 is 0. The molecule has 168 valence electrons. The Labute approximate surface area is 188 Å². The number of aromatic amines is 1. The van der Waals surface area contributed by atoms with Gasteiger partial charge in [-0.05, 0) is 37.5 Å². The number of rotatable bonds is 7. The molecule has 32 heavy (non-hydrogen) atoms. The Balaban J connectivity index is 1.98. The molecule has 0 saturated heterocycles. The number of H-pyrrole nitrogens is 1. The molecule has 0 bridgehead atoms. The van der Waals surface area contributed by atoms with E-state index in [1.54, 1.807) is 13.8 Å². The second-order valence-corrected chi connectivity index (χ2v) is 8.14. The van der Waals surface area contributed by atoms with E-state index in [-0.39, 0.29) is 30.9 Å². The number of hydrogen-bond donors (Lipinski definition) is 2. The van der Waals surface area contributed by atoms with Crippen LogP contribution in [0.3, 0.4) is 0 Å². The lowest BCUT2D eigenvalue weighted by molar-refractivity contribution is -0.150. The van der Waals surface area contributed by atoms with E-state index in [4.69, 9.17) is 9.47 Å². The van der Waals surface area contributed by atoms with Crippen molar-refractivity contribution in [3.05, 3.63) is 71.4 Å². The van der Waals surface area contributed by atoms with Crippen LogP contribution in [0.4, 0.5) is 0 Å². The second kappa shape index (κ2) is 9.17. The standard InChI is InChI=1S/C26H30N2O4/c1-4-26(16-20(29)31-5-2)24-22(18-14-10-11-15-19(18)27-24)21(17-12-8-7-9-13-17)23(28-26)25(30)32-6-3/h7-15,21,23,27-28H,4-6,16H2,1-3H3/t21-,23-,26-/m0/s1. The maximum Gasteiger partial charge on any atom is 0.324 e. The Bertz CT molecular complexity index is 1110. The van der Waals surface area contributed by atoms with Gasteiger partial charge in [0.15, 0.2) is 0 Å². The molecule has 1 aromatic heterocycles. The summed E-state index contributed by atoms with van der Waals surface area (Å²) in [5, 5.41) is 4.60. The number of aromatic nitrogens is 1. The summed E-state index contributed by atoms with van der Waals surface area (Å²) in [6, 6.07) is 17.4. The molecule has 0 fully saturated rings. The zero-order valence-electron chi connectivity index (χ0n) is 18.8. The molecular formula is C26H30N2O4. The van der Waals surface area contributed by atoms with Crippen molar-refractivity contribution in [2.24, 2.45) is 0 Å². The van der Waals surface area contributed by atoms with E-state index in [1.165, 1.54) is 0 Å². The molecular weight excluding hydrogens is 404 g/mol. The SMILES string of the molecule is CCOC(=O)C[C@]1(CC)N[C@H](C(=O)OCC)[C@@H](c2ccccc2)c2c1[nH]c1ccccc21. The number of carbonyl (C=O) groups excluding carboxylic acids is 2. The van der Waals surface area contributed by atoms with Crippen molar-refractivity contribution in [1.29, 1.82) is 0 Å². The molecule has 1 aliphatic rings. The van der Waals surface area contributed by atoms with Gasteiger partial charge >= 0.3 is 11.9 Å². The van der Waals surface area contributed by atoms with Gasteiger partial charge in [0.2, 0.25) is 0 Å². The predicted octanol–water partition coefficient (Wildman–Crippen LogP) is 4.39. The Morgan fingerprint density at radius 3 is 2.31 bits per heavy atom. The molecule has 3 atom stereocenters. The van der Waals surface area contributed by atoms with E-state index in [1.807, 2.05) is 55.5 Å². The quantitative estimate of drug-likeness (QED) is 0.539. The Hall–Kier alpha value is -3.12. The van der Waals surface area contributed by atoms with Gasteiger partial charge in [-0.25, -0.2) is 0 Å². The van der Waals surface area contributed by atoms with Crippen molar-refractivity contribution in [2.45, 2.75) is 51.1 Å². The predicted molar refractivity (Wildman–Crippen MR) is 123 cm³/mol. The van der Waals surface area contributed by atoms with Gasteiger partial charge in [0.1, 0.15) is 6.04 Å². The first-order chi connectivity index (χ1) is 15.5. The van der Waals surface area contributed by atoms with E-state index >= 15 is 0 Å². The van der Waals surface area contributed by atoms with Gasteiger partial charge in [-0.2, -0.15) is 0 Å². The fourth-order valence-electron chi connectivity index (χ4n) is 4.93. The van der Waals surface area contributed by atoms with Crippen LogP contribution in [0.5, 0.6) is 0 Å². The van der Waals surface area contributed by atoms with Gasteiger partial charge < -0.3 is 14.5 Å². The zero-order valence-corrected chi connectivity index (χ0v) is 18.8. The fraction of sp³-hybridized carbons (Fsp3) is 0.385. The number of hydrogen-bond acceptors (Lipinski definition) is 5. The number of para-hydroxylation sites is 1. The van der Waals surface area contributed by atoms with Crippen LogP contribution in [0.25, 0.3) is 10.9 Å². The fourth-order valence-corrected chi connectivity index (χ4v) is 4.93. The molecule has 6 heteroatoms. The second-order valence-electron chi connectivity index (χ2n) is 8.14. The maximum absolute atomic E-state index is 13.3. The van der Waals surface area contributed by atoms with E-state index in [0.29, 0.717) is 13.0 Å². The molecule has 3 aromatic rings. The number of benzene rings is 2. The van der Waals surface area contributed by atoms with Crippen molar-refractivity contribution in [3.63, 3.8) is 0 Å². The molecule has 0 unspecified atom stereocenters. The van der Waals surface area contributed by atoms with Gasteiger partial charge in [-0.1, -0.05) is 55.5 Å². The molecule has 0 amide bonds. The van der Waals surface area contributed by atoms with Crippen LogP contribution >= 0.6 is 0 Å². The molecule has 0 saturated carbocycles. The van der Waals surface area contributed by atoms with Crippen LogP contribution in [0.15, 0.2) is 54.6 Å². The van der Waals surface area contributed by atoms with Crippen molar-refractivity contribution in [3.8, 4) is 0 Å². The first kappa shape index (κ1) is 22.1. The summed E-state index contributed by atoms with van der Waals surface area (Å²) in [6.07, 6.45) is 0.720. The third kappa shape index (κ3) is 3.79. The summed E-state index contributed by atoms with van der Waals surface area (Å²) in [5.74, 6) is -0.880. The van der Waals surface area contributed by atoms with Crippen LogP contribution in [-0.4, -0.2) is 36.2 Å². The monoisotopic (exact) mass is 434 g/mol. The number of carbonyl (C=O) groups is 2. The van der Waals surface area contributed by atoms with Crippen LogP contribution < -0.4 is 5.32 Å². The first-order valence-corrected chi connectivity index (χ1v) is 11.3. The smallest absolute Gasteiger partial charge is 0.324 e. The van der Waals surface area contributed by atoms with Crippen molar-refractivity contribution >= 4 is 22.8 Å². The van der Waals surface area contributed by atoms with Crippen LogP contribution in [0, 0.1) is 0 Å². The minimum absolute atomic E-state index is 0.120. The van der Waals surface area contributed by atoms with Gasteiger partial charge in [-0.15, -0.1) is 0 Å². The van der Waals surface area contributed by atoms with Gasteiger partial charge in [-0.3, -0.25) is 14.9 Å². The largest absolute Gasteiger partial charge is 0.466 e. The molecule has 2 N–H and O–H groups in total. The summed E-state index contributed by atoms with van der Waals surface area (Å²) < 4.78 is 10.8. The third-order valence-electron chi connectivity index (χ3n) is 6.36. The van der Waals surface area contributed by atoms with E-state index in [0.717, 1.165) is 27.7 Å². The highest BCUT2D eigenvalue weighted by atomic mass is 16.5. The lowest BCUT2D eigenvalue weighted by Gasteiger charge is -2.44. The highest BCUT2D eigenvalue weighted by molar-refractivity contribution is 5.90. The molecule has 6 nitrogen and oxygen atoms in total. The molecule has 0 spiro atoms. The van der Waals surface area contributed by atoms with Gasteiger partial charge in [0, 0.05) is 22.5 Å². The summed E-state index contributed by atoms with van der Waals surface area (Å²) in [5.41, 5.74) is 3.19. The summed E-state index contributed by atoms with van der Waals surface area (Å²) in [6.45, 7) is 6.22. The van der Waals surface area contributed by atoms with Crippen molar-refractivity contribution < 1.29 is 19.1 Å². The molecule has 0 radical (unpaired) electrons. The Kier molecular flexibility index (Phi) is 6.33. The van der Waals surface area contributed by atoms with Gasteiger partial charge in [0.05, 0.1) is 25.2 Å². The minimum atomic E-state index is -0.774. The number of esters is 2. The van der Waals surface area contributed by atoms with Gasteiger partial charge in [0.25, 0.3) is 0 Å². The van der Waals surface area contributed by atoms with Crippen LogP contribution in [0.2, 0.25) is 0 Å². The van der Waals surface area contributed by atoms with Crippen molar-refractivity contribution in [1.82, 2.24) is 10.3 Å². The third-order valence-corrected chi connectivity index (χ3v) is 6.36. The number of fused-ring (bicyclic) bond motifs is 3. The lowest BCUT2D eigenvalue weighted by atomic mass is 9.72. The van der Waals surface area contributed by atoms with E-state index in [9.17, 15) is 9.59 Å². The summed E-state index contributed by atoms with van der Waals surface area (Å²) in [7, 11) is 0. The number of nitrogens with one attached hydrogen (secondary N) is 2. The van der Waals surface area contributed by atoms with E-state index in [2.05, 4.69) is 16.4 Å². The molecule has 2 heterocycles. The van der Waals surface area contributed by atoms with Crippen LogP contribution in [-0.2, 0) is 24.6 Å². The molecule has 2 aromatic carbocycles. The topological polar surface area (TPSA) is 80.4 Å². The summed E-state index contributed by atoms with van der Waals surface area (Å²) in [4.78, 5) is 29.5.